The van der Waals surface area contributed by atoms with Gasteiger partial charge in [-0.05, 0) is 49.6 Å². The zero-order valence-corrected chi connectivity index (χ0v) is 11.9. The van der Waals surface area contributed by atoms with Gasteiger partial charge in [-0.15, -0.1) is 0 Å². The first-order chi connectivity index (χ1) is 9.82. The molecule has 1 aromatic heterocycles. The van der Waals surface area contributed by atoms with Crippen LogP contribution in [0.2, 0.25) is 0 Å². The molecule has 1 atom stereocenters. The van der Waals surface area contributed by atoms with Crippen LogP contribution in [0.5, 0.6) is 5.75 Å². The molecule has 3 N–H and O–H groups in total. The van der Waals surface area contributed by atoms with Crippen LogP contribution in [0.1, 0.15) is 24.1 Å². The summed E-state index contributed by atoms with van der Waals surface area (Å²) in [5.41, 5.74) is 4.18. The molecular formula is C16H21N3O. The summed E-state index contributed by atoms with van der Waals surface area (Å²) in [6.07, 6.45) is 3.52. The summed E-state index contributed by atoms with van der Waals surface area (Å²) in [6, 6.07) is 6.33. The number of hydrogen-bond donors (Lipinski definition) is 3. The number of rotatable bonds is 1. The molecule has 1 unspecified atom stereocenters. The maximum atomic E-state index is 5.38. The molecule has 0 amide bonds. The zero-order chi connectivity index (χ0) is 13.6. The molecule has 20 heavy (non-hydrogen) atoms. The van der Waals surface area contributed by atoms with E-state index in [1.165, 1.54) is 35.0 Å². The Hall–Kier alpha value is -1.52. The molecule has 1 saturated heterocycles. The molecule has 2 aliphatic rings. The van der Waals surface area contributed by atoms with Crippen molar-refractivity contribution >= 4 is 10.9 Å². The fourth-order valence-electron chi connectivity index (χ4n) is 3.81. The largest absolute Gasteiger partial charge is 0.497 e. The van der Waals surface area contributed by atoms with Crippen molar-refractivity contribution in [2.45, 2.75) is 24.8 Å². The molecule has 1 fully saturated rings. The lowest BCUT2D eigenvalue weighted by Gasteiger charge is -2.41. The number of H-pyrrole nitrogens is 1. The summed E-state index contributed by atoms with van der Waals surface area (Å²) in [7, 11) is 1.73. The van der Waals surface area contributed by atoms with E-state index in [1.807, 2.05) is 6.07 Å². The van der Waals surface area contributed by atoms with Crippen molar-refractivity contribution < 1.29 is 4.74 Å². The molecule has 0 aliphatic carbocycles. The number of piperidine rings is 1. The van der Waals surface area contributed by atoms with Crippen LogP contribution in [0.4, 0.5) is 0 Å². The minimum atomic E-state index is 0.0953. The normalized spacial score (nSPS) is 25.9. The van der Waals surface area contributed by atoms with Crippen molar-refractivity contribution in [3.63, 3.8) is 0 Å². The molecule has 0 bridgehead atoms. The fraction of sp³-hybridized carbons (Fsp3) is 0.500. The van der Waals surface area contributed by atoms with Gasteiger partial charge in [-0.2, -0.15) is 0 Å². The predicted octanol–water partition coefficient (Wildman–Crippen LogP) is 1.90. The first kappa shape index (κ1) is 12.2. The monoisotopic (exact) mass is 271 g/mol. The molecule has 1 aromatic carbocycles. The second-order valence-corrected chi connectivity index (χ2v) is 5.93. The number of fused-ring (bicyclic) bond motifs is 4. The van der Waals surface area contributed by atoms with Crippen molar-refractivity contribution in [3.8, 4) is 5.75 Å². The Morgan fingerprint density at radius 2 is 2.20 bits per heavy atom. The van der Waals surface area contributed by atoms with Crippen LogP contribution in [0.25, 0.3) is 10.9 Å². The number of ether oxygens (including phenoxy) is 1. The summed E-state index contributed by atoms with van der Waals surface area (Å²) < 4.78 is 5.38. The van der Waals surface area contributed by atoms with Crippen LogP contribution in [-0.2, 0) is 12.0 Å². The molecule has 2 aliphatic heterocycles. The van der Waals surface area contributed by atoms with E-state index in [1.54, 1.807) is 7.11 Å². The Kier molecular flexibility index (Phi) is 2.75. The van der Waals surface area contributed by atoms with E-state index >= 15 is 0 Å². The van der Waals surface area contributed by atoms with Gasteiger partial charge < -0.3 is 20.4 Å². The van der Waals surface area contributed by atoms with Crippen LogP contribution in [0.3, 0.4) is 0 Å². The number of methoxy groups -OCH3 is 1. The first-order valence-corrected chi connectivity index (χ1v) is 7.47. The molecule has 3 heterocycles. The van der Waals surface area contributed by atoms with Gasteiger partial charge in [0.05, 0.1) is 12.6 Å². The maximum absolute atomic E-state index is 5.38. The summed E-state index contributed by atoms with van der Waals surface area (Å²) in [5.74, 6) is 0.939. The number of aromatic amines is 1. The van der Waals surface area contributed by atoms with Gasteiger partial charge in [0.25, 0.3) is 0 Å². The highest BCUT2D eigenvalue weighted by atomic mass is 16.5. The number of hydrogen-bond acceptors (Lipinski definition) is 3. The average Bonchev–Trinajstić information content (AvgIpc) is 2.88. The van der Waals surface area contributed by atoms with E-state index in [9.17, 15) is 0 Å². The highest BCUT2D eigenvalue weighted by Gasteiger charge is 2.39. The standard InChI is InChI=1S/C16H21N3O/c1-20-11-3-4-14-13(9-11)12-5-8-18-16(15(12)19-14)6-2-7-17-10-16/h3-4,9,17-19H,2,5-8,10H2,1H3. The van der Waals surface area contributed by atoms with E-state index < -0.39 is 0 Å². The molecule has 4 heteroatoms. The molecule has 106 valence electrons. The third-order valence-corrected chi connectivity index (χ3v) is 4.81. The molecule has 0 saturated carbocycles. The smallest absolute Gasteiger partial charge is 0.119 e. The van der Waals surface area contributed by atoms with Crippen LogP contribution < -0.4 is 15.4 Å². The fourth-order valence-corrected chi connectivity index (χ4v) is 3.81. The van der Waals surface area contributed by atoms with Gasteiger partial charge >= 0.3 is 0 Å². The third kappa shape index (κ3) is 1.68. The van der Waals surface area contributed by atoms with Gasteiger partial charge in [-0.25, -0.2) is 0 Å². The predicted molar refractivity (Wildman–Crippen MR) is 80.3 cm³/mol. The lowest BCUT2D eigenvalue weighted by molar-refractivity contribution is 0.235. The number of nitrogens with one attached hydrogen (secondary N) is 3. The highest BCUT2D eigenvalue weighted by Crippen LogP contribution is 2.38. The summed E-state index contributed by atoms with van der Waals surface area (Å²) >= 11 is 0. The Labute approximate surface area is 118 Å². The third-order valence-electron chi connectivity index (χ3n) is 4.81. The van der Waals surface area contributed by atoms with Gasteiger partial charge in [-0.3, -0.25) is 0 Å². The molecule has 2 aromatic rings. The van der Waals surface area contributed by atoms with Crippen molar-refractivity contribution in [2.24, 2.45) is 0 Å². The van der Waals surface area contributed by atoms with E-state index in [0.717, 1.165) is 31.8 Å². The van der Waals surface area contributed by atoms with Gasteiger partial charge in [0.15, 0.2) is 0 Å². The molecule has 4 nitrogen and oxygen atoms in total. The summed E-state index contributed by atoms with van der Waals surface area (Å²) in [6.45, 7) is 3.20. The Bertz CT molecular complexity index is 640. The van der Waals surface area contributed by atoms with E-state index in [0.29, 0.717) is 0 Å². The van der Waals surface area contributed by atoms with Gasteiger partial charge in [-0.1, -0.05) is 0 Å². The second kappa shape index (κ2) is 4.50. The molecule has 4 rings (SSSR count). The van der Waals surface area contributed by atoms with E-state index in [-0.39, 0.29) is 5.54 Å². The SMILES string of the molecule is COc1ccc2[nH]c3c(c2c1)CCNC31CCCNC1. The first-order valence-electron chi connectivity index (χ1n) is 7.47. The maximum Gasteiger partial charge on any atom is 0.119 e. The number of aromatic nitrogens is 1. The van der Waals surface area contributed by atoms with Gasteiger partial charge in [0, 0.05) is 29.7 Å². The average molecular weight is 271 g/mol. The number of benzene rings is 1. The van der Waals surface area contributed by atoms with Crippen LogP contribution >= 0.6 is 0 Å². The zero-order valence-electron chi connectivity index (χ0n) is 11.9. The Morgan fingerprint density at radius 1 is 1.25 bits per heavy atom. The van der Waals surface area contributed by atoms with Crippen LogP contribution in [0, 0.1) is 0 Å². The quantitative estimate of drug-likeness (QED) is 0.742. The topological polar surface area (TPSA) is 49.1 Å². The summed E-state index contributed by atoms with van der Waals surface area (Å²) in [5, 5.41) is 8.63. The van der Waals surface area contributed by atoms with Gasteiger partial charge in [0.2, 0.25) is 0 Å². The van der Waals surface area contributed by atoms with Gasteiger partial charge in [0.1, 0.15) is 5.75 Å². The van der Waals surface area contributed by atoms with Crippen molar-refractivity contribution in [2.75, 3.05) is 26.7 Å². The van der Waals surface area contributed by atoms with Crippen LogP contribution in [0.15, 0.2) is 18.2 Å². The van der Waals surface area contributed by atoms with E-state index in [4.69, 9.17) is 4.74 Å². The van der Waals surface area contributed by atoms with Crippen molar-refractivity contribution in [3.05, 3.63) is 29.5 Å². The van der Waals surface area contributed by atoms with Crippen molar-refractivity contribution in [1.29, 1.82) is 0 Å². The van der Waals surface area contributed by atoms with E-state index in [2.05, 4.69) is 27.8 Å². The minimum absolute atomic E-state index is 0.0953. The summed E-state index contributed by atoms with van der Waals surface area (Å²) in [4.78, 5) is 3.67. The second-order valence-electron chi connectivity index (χ2n) is 5.93. The molecule has 1 spiro atoms. The minimum Gasteiger partial charge on any atom is -0.497 e. The molecular weight excluding hydrogens is 250 g/mol. The highest BCUT2D eigenvalue weighted by molar-refractivity contribution is 5.86. The molecule has 0 radical (unpaired) electrons. The van der Waals surface area contributed by atoms with Crippen molar-refractivity contribution in [1.82, 2.24) is 15.6 Å². The lowest BCUT2D eigenvalue weighted by Crippen LogP contribution is -2.56. The Morgan fingerprint density at radius 3 is 3.00 bits per heavy atom. The Balaban J connectivity index is 1.90. The lowest BCUT2D eigenvalue weighted by atomic mass is 9.81. The van der Waals surface area contributed by atoms with Crippen LogP contribution in [-0.4, -0.2) is 31.7 Å².